The smallest absolute Gasteiger partial charge is 0.310 e. The molecule has 1 heterocycles. The molecule has 1 aromatic heterocycles. The normalized spacial score (nSPS) is 11.1. The summed E-state index contributed by atoms with van der Waals surface area (Å²) in [7, 11) is 0. The van der Waals surface area contributed by atoms with Crippen LogP contribution in [0.25, 0.3) is 21.2 Å². The fraction of sp³-hybridized carbons (Fsp3) is 0.133. The van der Waals surface area contributed by atoms with E-state index in [1.165, 1.54) is 4.57 Å². The summed E-state index contributed by atoms with van der Waals surface area (Å²) in [5.41, 5.74) is 6.34. The highest BCUT2D eigenvalue weighted by Gasteiger charge is 2.16. The molecule has 4 nitrogen and oxygen atoms in total. The van der Waals surface area contributed by atoms with Crippen molar-refractivity contribution in [2.75, 3.05) is 6.54 Å². The van der Waals surface area contributed by atoms with Gasteiger partial charge in [-0.3, -0.25) is 9.36 Å². The van der Waals surface area contributed by atoms with E-state index in [1.807, 2.05) is 42.5 Å². The maximum Gasteiger partial charge on any atom is 0.310 e. The first-order valence-corrected chi connectivity index (χ1v) is 7.15. The van der Waals surface area contributed by atoms with E-state index in [0.29, 0.717) is 18.0 Å². The molecule has 3 aromatic rings. The quantitative estimate of drug-likeness (QED) is 0.777. The molecule has 2 aromatic carbocycles. The van der Waals surface area contributed by atoms with E-state index in [9.17, 15) is 9.90 Å². The Hall–Kier alpha value is -2.11. The summed E-state index contributed by atoms with van der Waals surface area (Å²) in [4.78, 5) is 12.3. The molecule has 0 saturated carbocycles. The molecular weight excluding hydrogens is 272 g/mol. The third-order valence-corrected chi connectivity index (χ3v) is 4.26. The van der Waals surface area contributed by atoms with Crippen molar-refractivity contribution in [2.45, 2.75) is 6.54 Å². The maximum absolute atomic E-state index is 11.9. The zero-order valence-electron chi connectivity index (χ0n) is 10.7. The number of rotatable bonds is 3. The molecule has 3 N–H and O–H groups in total. The van der Waals surface area contributed by atoms with Crippen LogP contribution in [0.15, 0.2) is 47.3 Å². The minimum atomic E-state index is -0.184. The van der Waals surface area contributed by atoms with Crippen LogP contribution in [0.5, 0.6) is 5.88 Å². The Morgan fingerprint density at radius 3 is 2.70 bits per heavy atom. The molecule has 0 fully saturated rings. The SMILES string of the molecule is NCCn1c(O)c(-c2cccc3ccccc23)sc1=O. The lowest BCUT2D eigenvalue weighted by molar-refractivity contribution is 0.417. The Morgan fingerprint density at radius 2 is 1.90 bits per heavy atom. The van der Waals surface area contributed by atoms with Crippen LogP contribution >= 0.6 is 11.3 Å². The van der Waals surface area contributed by atoms with Gasteiger partial charge in [0.1, 0.15) is 4.88 Å². The van der Waals surface area contributed by atoms with Crippen LogP contribution in [-0.4, -0.2) is 16.2 Å². The number of aromatic nitrogens is 1. The topological polar surface area (TPSA) is 68.2 Å². The number of aromatic hydroxyl groups is 1. The van der Waals surface area contributed by atoms with Gasteiger partial charge in [0.05, 0.1) is 0 Å². The van der Waals surface area contributed by atoms with Crippen molar-refractivity contribution in [1.29, 1.82) is 0 Å². The number of nitrogens with zero attached hydrogens (tertiary/aromatic N) is 1. The lowest BCUT2D eigenvalue weighted by Crippen LogP contribution is -2.18. The second-order valence-electron chi connectivity index (χ2n) is 4.49. The zero-order valence-corrected chi connectivity index (χ0v) is 11.6. The summed E-state index contributed by atoms with van der Waals surface area (Å²) >= 11 is 1.05. The number of hydrogen-bond acceptors (Lipinski definition) is 4. The van der Waals surface area contributed by atoms with Crippen LogP contribution in [-0.2, 0) is 6.54 Å². The van der Waals surface area contributed by atoms with Crippen molar-refractivity contribution in [3.63, 3.8) is 0 Å². The van der Waals surface area contributed by atoms with E-state index in [2.05, 4.69) is 0 Å². The van der Waals surface area contributed by atoms with E-state index in [-0.39, 0.29) is 10.8 Å². The van der Waals surface area contributed by atoms with E-state index in [4.69, 9.17) is 5.73 Å². The zero-order chi connectivity index (χ0) is 14.1. The Kier molecular flexibility index (Phi) is 3.30. The van der Waals surface area contributed by atoms with Crippen LogP contribution in [0.1, 0.15) is 0 Å². The minimum absolute atomic E-state index is 0.00167. The second-order valence-corrected chi connectivity index (χ2v) is 5.45. The summed E-state index contributed by atoms with van der Waals surface area (Å²) in [5, 5.41) is 12.4. The van der Waals surface area contributed by atoms with Crippen molar-refractivity contribution in [2.24, 2.45) is 5.73 Å². The van der Waals surface area contributed by atoms with Gasteiger partial charge in [-0.15, -0.1) is 0 Å². The van der Waals surface area contributed by atoms with Gasteiger partial charge in [-0.1, -0.05) is 53.8 Å². The molecule has 3 rings (SSSR count). The van der Waals surface area contributed by atoms with E-state index >= 15 is 0 Å². The summed E-state index contributed by atoms with van der Waals surface area (Å²) in [5.74, 6) is 0.00167. The number of benzene rings is 2. The fourth-order valence-corrected chi connectivity index (χ4v) is 3.27. The molecule has 0 atom stereocenters. The summed E-state index contributed by atoms with van der Waals surface area (Å²) in [6.45, 7) is 0.644. The van der Waals surface area contributed by atoms with Crippen LogP contribution in [0.4, 0.5) is 0 Å². The molecule has 0 aliphatic rings. The third kappa shape index (κ3) is 2.01. The fourth-order valence-electron chi connectivity index (χ4n) is 2.32. The van der Waals surface area contributed by atoms with Gasteiger partial charge >= 0.3 is 4.87 Å². The molecule has 0 aliphatic heterocycles. The molecule has 0 aliphatic carbocycles. The Bertz CT molecular complexity index is 815. The van der Waals surface area contributed by atoms with Gasteiger partial charge in [0, 0.05) is 18.7 Å². The largest absolute Gasteiger partial charge is 0.493 e. The summed E-state index contributed by atoms with van der Waals surface area (Å²) in [6.07, 6.45) is 0. The molecule has 0 unspecified atom stereocenters. The minimum Gasteiger partial charge on any atom is -0.493 e. The van der Waals surface area contributed by atoms with E-state index < -0.39 is 0 Å². The third-order valence-electron chi connectivity index (χ3n) is 3.26. The highest BCUT2D eigenvalue weighted by molar-refractivity contribution is 7.13. The molecule has 0 amide bonds. The van der Waals surface area contributed by atoms with Crippen molar-refractivity contribution >= 4 is 22.1 Å². The van der Waals surface area contributed by atoms with Gasteiger partial charge < -0.3 is 10.8 Å². The lowest BCUT2D eigenvalue weighted by Gasteiger charge is -2.06. The van der Waals surface area contributed by atoms with Crippen molar-refractivity contribution in [3.05, 3.63) is 52.1 Å². The monoisotopic (exact) mass is 286 g/mol. The van der Waals surface area contributed by atoms with Gasteiger partial charge in [-0.2, -0.15) is 0 Å². The molecule has 0 radical (unpaired) electrons. The van der Waals surface area contributed by atoms with Crippen LogP contribution in [0, 0.1) is 0 Å². The van der Waals surface area contributed by atoms with Gasteiger partial charge in [0.25, 0.3) is 0 Å². The maximum atomic E-state index is 11.9. The molecule has 20 heavy (non-hydrogen) atoms. The predicted octanol–water partition coefficient (Wildman–Crippen LogP) is 2.39. The molecular formula is C15H14N2O2S. The average molecular weight is 286 g/mol. The second kappa shape index (κ2) is 5.11. The molecule has 0 saturated heterocycles. The van der Waals surface area contributed by atoms with Crippen LogP contribution < -0.4 is 10.6 Å². The molecule has 0 spiro atoms. The first kappa shape index (κ1) is 12.9. The van der Waals surface area contributed by atoms with Crippen LogP contribution in [0.2, 0.25) is 0 Å². The van der Waals surface area contributed by atoms with Crippen molar-refractivity contribution < 1.29 is 5.11 Å². The van der Waals surface area contributed by atoms with E-state index in [1.54, 1.807) is 0 Å². The molecule has 102 valence electrons. The Morgan fingerprint density at radius 1 is 1.15 bits per heavy atom. The standard InChI is InChI=1S/C15H14N2O2S/c16-8-9-17-14(18)13(20-15(17)19)12-7-3-5-10-4-1-2-6-11(10)12/h1-7,18H,8-9,16H2. The Balaban J connectivity index is 2.27. The number of thiazole rings is 1. The van der Waals surface area contributed by atoms with E-state index in [0.717, 1.165) is 27.7 Å². The average Bonchev–Trinajstić information content (AvgIpc) is 2.75. The highest BCUT2D eigenvalue weighted by Crippen LogP contribution is 2.36. The first-order chi connectivity index (χ1) is 9.72. The van der Waals surface area contributed by atoms with Crippen LogP contribution in [0.3, 0.4) is 0 Å². The number of nitrogens with two attached hydrogens (primary N) is 1. The number of hydrogen-bond donors (Lipinski definition) is 2. The molecule has 5 heteroatoms. The molecule has 0 bridgehead atoms. The van der Waals surface area contributed by atoms with Gasteiger partial charge in [0.15, 0.2) is 0 Å². The summed E-state index contributed by atoms with van der Waals surface area (Å²) in [6, 6.07) is 13.8. The highest BCUT2D eigenvalue weighted by atomic mass is 32.1. The van der Waals surface area contributed by atoms with Crippen molar-refractivity contribution in [1.82, 2.24) is 4.57 Å². The Labute approximate surface area is 119 Å². The number of fused-ring (bicyclic) bond motifs is 1. The first-order valence-electron chi connectivity index (χ1n) is 6.33. The lowest BCUT2D eigenvalue weighted by atomic mass is 10.0. The van der Waals surface area contributed by atoms with Gasteiger partial charge in [-0.25, -0.2) is 0 Å². The summed E-state index contributed by atoms with van der Waals surface area (Å²) < 4.78 is 1.32. The van der Waals surface area contributed by atoms with Gasteiger partial charge in [-0.05, 0) is 10.8 Å². The van der Waals surface area contributed by atoms with Crippen molar-refractivity contribution in [3.8, 4) is 16.3 Å². The predicted molar refractivity (Wildman–Crippen MR) is 82.2 cm³/mol. The van der Waals surface area contributed by atoms with Gasteiger partial charge in [0.2, 0.25) is 5.88 Å².